The fraction of sp³-hybridized carbons (Fsp3) is 0.591. The molecule has 0 saturated carbocycles. The summed E-state index contributed by atoms with van der Waals surface area (Å²) in [6, 6.07) is 6.73. The highest BCUT2D eigenvalue weighted by atomic mass is 16.5. The summed E-state index contributed by atoms with van der Waals surface area (Å²) in [5.74, 6) is 1.67. The summed E-state index contributed by atoms with van der Waals surface area (Å²) in [6.07, 6.45) is 6.98. The van der Waals surface area contributed by atoms with Gasteiger partial charge in [0, 0.05) is 6.54 Å². The topological polar surface area (TPSA) is 71.3 Å². The second-order valence-corrected chi connectivity index (χ2v) is 8.28. The molecule has 1 aromatic heterocycles. The zero-order valence-corrected chi connectivity index (χ0v) is 16.9. The quantitative estimate of drug-likeness (QED) is 0.859. The van der Waals surface area contributed by atoms with Crippen molar-refractivity contribution in [2.45, 2.75) is 64.3 Å². The predicted molar refractivity (Wildman–Crippen MR) is 107 cm³/mol. The number of hydrogen-bond donors (Lipinski definition) is 1. The predicted octanol–water partition coefficient (Wildman–Crippen LogP) is 3.31. The summed E-state index contributed by atoms with van der Waals surface area (Å²) in [7, 11) is 0. The van der Waals surface area contributed by atoms with E-state index in [9.17, 15) is 4.79 Å². The van der Waals surface area contributed by atoms with E-state index in [4.69, 9.17) is 4.52 Å². The standard InChI is InChI=1S/C22H30N4O2/c1-15(18-10-9-17-6-3-4-7-19(17)12-18)23-21(27)14-26-11-5-8-20(13-26)22-24-16(2)25-28-22/h9-10,12,15,20H,3-8,11,13-14H2,1-2H3,(H,23,27). The Morgan fingerprint density at radius 2 is 2.11 bits per heavy atom. The summed E-state index contributed by atoms with van der Waals surface area (Å²) in [5, 5.41) is 7.07. The van der Waals surface area contributed by atoms with Gasteiger partial charge in [0.2, 0.25) is 11.8 Å². The van der Waals surface area contributed by atoms with Gasteiger partial charge in [-0.1, -0.05) is 23.4 Å². The van der Waals surface area contributed by atoms with E-state index in [1.807, 2.05) is 6.92 Å². The molecule has 2 aliphatic rings. The number of aryl methyl sites for hydroxylation is 3. The number of nitrogens with one attached hydrogen (secondary N) is 1. The van der Waals surface area contributed by atoms with Gasteiger partial charge < -0.3 is 9.84 Å². The van der Waals surface area contributed by atoms with Crippen LogP contribution in [-0.4, -0.2) is 40.6 Å². The highest BCUT2D eigenvalue weighted by Gasteiger charge is 2.27. The van der Waals surface area contributed by atoms with Gasteiger partial charge in [0.15, 0.2) is 5.82 Å². The summed E-state index contributed by atoms with van der Waals surface area (Å²) in [5.41, 5.74) is 4.13. The molecule has 1 amide bonds. The maximum atomic E-state index is 12.6. The molecule has 6 nitrogen and oxygen atoms in total. The fourth-order valence-electron chi connectivity index (χ4n) is 4.48. The Morgan fingerprint density at radius 3 is 2.89 bits per heavy atom. The molecule has 0 radical (unpaired) electrons. The van der Waals surface area contributed by atoms with Crippen molar-refractivity contribution >= 4 is 5.91 Å². The Hall–Kier alpha value is -2.21. The third kappa shape index (κ3) is 4.43. The molecule has 0 spiro atoms. The first kappa shape index (κ1) is 19.1. The lowest BCUT2D eigenvalue weighted by atomic mass is 9.89. The summed E-state index contributed by atoms with van der Waals surface area (Å²) >= 11 is 0. The Labute approximate surface area is 166 Å². The molecule has 2 heterocycles. The number of nitrogens with zero attached hydrogens (tertiary/aromatic N) is 3. The maximum Gasteiger partial charge on any atom is 0.234 e. The van der Waals surface area contributed by atoms with Crippen LogP contribution >= 0.6 is 0 Å². The number of rotatable bonds is 5. The average Bonchev–Trinajstić information content (AvgIpc) is 3.14. The van der Waals surface area contributed by atoms with Crippen molar-refractivity contribution < 1.29 is 9.32 Å². The first-order valence-corrected chi connectivity index (χ1v) is 10.5. The molecule has 1 aliphatic heterocycles. The molecule has 1 fully saturated rings. The van der Waals surface area contributed by atoms with Crippen LogP contribution in [0.2, 0.25) is 0 Å². The molecule has 4 rings (SSSR count). The third-order valence-electron chi connectivity index (χ3n) is 6.02. The molecule has 1 saturated heterocycles. The van der Waals surface area contributed by atoms with Gasteiger partial charge in [0.25, 0.3) is 0 Å². The molecule has 6 heteroatoms. The van der Waals surface area contributed by atoms with Crippen LogP contribution in [0, 0.1) is 6.92 Å². The average molecular weight is 383 g/mol. The van der Waals surface area contributed by atoms with Crippen LogP contribution in [0.25, 0.3) is 0 Å². The maximum absolute atomic E-state index is 12.6. The van der Waals surface area contributed by atoms with Crippen LogP contribution in [0.15, 0.2) is 22.7 Å². The minimum Gasteiger partial charge on any atom is -0.348 e. The van der Waals surface area contributed by atoms with Gasteiger partial charge in [-0.3, -0.25) is 9.69 Å². The number of fused-ring (bicyclic) bond motifs is 1. The van der Waals surface area contributed by atoms with Gasteiger partial charge in [0.1, 0.15) is 0 Å². The lowest BCUT2D eigenvalue weighted by molar-refractivity contribution is -0.123. The van der Waals surface area contributed by atoms with E-state index < -0.39 is 0 Å². The van der Waals surface area contributed by atoms with Crippen LogP contribution < -0.4 is 5.32 Å². The number of hydrogen-bond acceptors (Lipinski definition) is 5. The Morgan fingerprint density at radius 1 is 1.29 bits per heavy atom. The van der Waals surface area contributed by atoms with Gasteiger partial charge in [0.05, 0.1) is 18.5 Å². The Kier molecular flexibility index (Phi) is 5.76. The number of piperidine rings is 1. The molecule has 150 valence electrons. The number of benzene rings is 1. The molecule has 1 aromatic carbocycles. The van der Waals surface area contributed by atoms with Crippen molar-refractivity contribution in [3.63, 3.8) is 0 Å². The summed E-state index contributed by atoms with van der Waals surface area (Å²) in [6.45, 7) is 6.05. The van der Waals surface area contributed by atoms with Gasteiger partial charge >= 0.3 is 0 Å². The van der Waals surface area contributed by atoms with E-state index in [1.54, 1.807) is 0 Å². The molecule has 1 aliphatic carbocycles. The van der Waals surface area contributed by atoms with Crippen molar-refractivity contribution in [1.82, 2.24) is 20.4 Å². The Bertz CT molecular complexity index is 832. The van der Waals surface area contributed by atoms with Crippen molar-refractivity contribution in [2.24, 2.45) is 0 Å². The fourth-order valence-corrected chi connectivity index (χ4v) is 4.48. The molecule has 28 heavy (non-hydrogen) atoms. The number of amides is 1. The highest BCUT2D eigenvalue weighted by Crippen LogP contribution is 2.26. The van der Waals surface area contributed by atoms with Crippen molar-refractivity contribution in [1.29, 1.82) is 0 Å². The van der Waals surface area contributed by atoms with Gasteiger partial charge in [-0.15, -0.1) is 0 Å². The monoisotopic (exact) mass is 382 g/mol. The molecular weight excluding hydrogens is 352 g/mol. The van der Waals surface area contributed by atoms with Crippen LogP contribution in [0.3, 0.4) is 0 Å². The molecule has 1 N–H and O–H groups in total. The van der Waals surface area contributed by atoms with E-state index in [-0.39, 0.29) is 17.9 Å². The SMILES string of the molecule is Cc1noc(C2CCCN(CC(=O)NC(C)c3ccc4c(c3)CCCC4)C2)n1. The lowest BCUT2D eigenvalue weighted by Crippen LogP contribution is -2.42. The lowest BCUT2D eigenvalue weighted by Gasteiger charge is -2.30. The number of likely N-dealkylation sites (tertiary alicyclic amines) is 1. The van der Waals surface area contributed by atoms with Gasteiger partial charge in [-0.2, -0.15) is 4.98 Å². The van der Waals surface area contributed by atoms with Crippen molar-refractivity contribution in [3.05, 3.63) is 46.6 Å². The number of aromatic nitrogens is 2. The summed E-state index contributed by atoms with van der Waals surface area (Å²) < 4.78 is 5.34. The first-order chi connectivity index (χ1) is 13.6. The first-order valence-electron chi connectivity index (χ1n) is 10.5. The Balaban J connectivity index is 1.32. The van der Waals surface area contributed by atoms with Crippen LogP contribution in [0.4, 0.5) is 0 Å². The molecule has 2 atom stereocenters. The number of carbonyl (C=O) groups excluding carboxylic acids is 1. The van der Waals surface area contributed by atoms with Crippen molar-refractivity contribution in [2.75, 3.05) is 19.6 Å². The van der Waals surface area contributed by atoms with Crippen LogP contribution in [-0.2, 0) is 17.6 Å². The van der Waals surface area contributed by atoms with E-state index in [2.05, 4.69) is 45.5 Å². The van der Waals surface area contributed by atoms with E-state index in [0.717, 1.165) is 32.4 Å². The minimum absolute atomic E-state index is 0.0268. The third-order valence-corrected chi connectivity index (χ3v) is 6.02. The van der Waals surface area contributed by atoms with Gasteiger partial charge in [-0.25, -0.2) is 0 Å². The van der Waals surface area contributed by atoms with Gasteiger partial charge in [-0.05, 0) is 75.6 Å². The number of carbonyl (C=O) groups is 1. The largest absolute Gasteiger partial charge is 0.348 e. The smallest absolute Gasteiger partial charge is 0.234 e. The molecule has 2 unspecified atom stereocenters. The van der Waals surface area contributed by atoms with E-state index in [0.29, 0.717) is 18.3 Å². The second-order valence-electron chi connectivity index (χ2n) is 8.28. The zero-order valence-electron chi connectivity index (χ0n) is 16.9. The molecule has 2 aromatic rings. The van der Waals surface area contributed by atoms with Crippen LogP contribution in [0.5, 0.6) is 0 Å². The second kappa shape index (κ2) is 8.43. The van der Waals surface area contributed by atoms with E-state index in [1.165, 1.54) is 36.0 Å². The highest BCUT2D eigenvalue weighted by molar-refractivity contribution is 5.78. The molecule has 0 bridgehead atoms. The molecular formula is C22H30N4O2. The van der Waals surface area contributed by atoms with E-state index >= 15 is 0 Å². The normalized spacial score (nSPS) is 21.1. The zero-order chi connectivity index (χ0) is 19.5. The van der Waals surface area contributed by atoms with Crippen LogP contribution in [0.1, 0.15) is 73.0 Å². The van der Waals surface area contributed by atoms with Crippen molar-refractivity contribution in [3.8, 4) is 0 Å². The minimum atomic E-state index is 0.0268. The summed E-state index contributed by atoms with van der Waals surface area (Å²) in [4.78, 5) is 19.2.